The Bertz CT molecular complexity index is 596. The molecule has 0 unspecified atom stereocenters. The van der Waals surface area contributed by atoms with Crippen molar-refractivity contribution in [3.05, 3.63) is 45.2 Å². The molecule has 1 amide bonds. The highest BCUT2D eigenvalue weighted by atomic mass is 79.9. The summed E-state index contributed by atoms with van der Waals surface area (Å²) in [5.74, 6) is 0.00131. The van der Waals surface area contributed by atoms with Crippen LogP contribution in [-0.4, -0.2) is 13.0 Å². The van der Waals surface area contributed by atoms with E-state index in [1.54, 1.807) is 31.3 Å². The third-order valence-corrected chi connectivity index (χ3v) is 3.36. The molecule has 94 valence electrons. The Kier molecular flexibility index (Phi) is 3.77. The Balaban J connectivity index is 2.31. The summed E-state index contributed by atoms with van der Waals surface area (Å²) in [6, 6.07) is 8.63. The summed E-state index contributed by atoms with van der Waals surface area (Å²) in [6.07, 6.45) is 0. The zero-order chi connectivity index (χ0) is 13.3. The number of hydrogen-bond donors (Lipinski definition) is 1. The smallest absolute Gasteiger partial charge is 0.293 e. The van der Waals surface area contributed by atoms with E-state index >= 15 is 0 Å². The molecule has 1 heterocycles. The van der Waals surface area contributed by atoms with E-state index in [0.29, 0.717) is 16.0 Å². The van der Waals surface area contributed by atoms with Crippen LogP contribution in [0.3, 0.4) is 0 Å². The number of nitrogens with two attached hydrogens (primary N) is 1. The van der Waals surface area contributed by atoms with E-state index in [9.17, 15) is 4.79 Å². The Morgan fingerprint density at radius 2 is 2.00 bits per heavy atom. The fourth-order valence-corrected chi connectivity index (χ4v) is 2.22. The number of anilines is 2. The Morgan fingerprint density at radius 1 is 1.28 bits per heavy atom. The normalized spacial score (nSPS) is 10.4. The largest absolute Gasteiger partial charge is 0.444 e. The number of furan rings is 1. The van der Waals surface area contributed by atoms with E-state index in [0.717, 1.165) is 4.47 Å². The average Bonchev–Trinajstić information content (AvgIpc) is 2.74. The van der Waals surface area contributed by atoms with Crippen LogP contribution in [0.4, 0.5) is 11.4 Å². The van der Waals surface area contributed by atoms with Gasteiger partial charge in [0.25, 0.3) is 5.91 Å². The molecular formula is C12H10Br2N2O2. The lowest BCUT2D eigenvalue weighted by Crippen LogP contribution is -2.26. The highest BCUT2D eigenvalue weighted by Gasteiger charge is 2.18. The predicted octanol–water partition coefficient (Wildman–Crippen LogP) is 3.66. The maximum absolute atomic E-state index is 12.1. The van der Waals surface area contributed by atoms with Crippen LogP contribution in [0.1, 0.15) is 10.6 Å². The minimum Gasteiger partial charge on any atom is -0.444 e. The molecule has 6 heteroatoms. The monoisotopic (exact) mass is 372 g/mol. The molecule has 1 aromatic heterocycles. The van der Waals surface area contributed by atoms with Crippen molar-refractivity contribution in [2.45, 2.75) is 0 Å². The highest BCUT2D eigenvalue weighted by molar-refractivity contribution is 9.10. The van der Waals surface area contributed by atoms with Crippen molar-refractivity contribution in [3.63, 3.8) is 0 Å². The average molecular weight is 374 g/mol. The summed E-state index contributed by atoms with van der Waals surface area (Å²) in [4.78, 5) is 13.6. The number of benzene rings is 1. The zero-order valence-electron chi connectivity index (χ0n) is 9.48. The van der Waals surface area contributed by atoms with Gasteiger partial charge in [0, 0.05) is 11.5 Å². The van der Waals surface area contributed by atoms with Crippen LogP contribution in [-0.2, 0) is 0 Å². The van der Waals surface area contributed by atoms with Gasteiger partial charge in [-0.3, -0.25) is 4.79 Å². The van der Waals surface area contributed by atoms with E-state index in [1.807, 2.05) is 6.07 Å². The molecule has 0 aliphatic heterocycles. The molecule has 0 saturated carbocycles. The Hall–Kier alpha value is -1.27. The minimum atomic E-state index is -0.255. The predicted molar refractivity (Wildman–Crippen MR) is 77.7 cm³/mol. The second kappa shape index (κ2) is 5.16. The first-order chi connectivity index (χ1) is 8.49. The quantitative estimate of drug-likeness (QED) is 0.817. The van der Waals surface area contributed by atoms with Crippen molar-refractivity contribution >= 4 is 49.1 Å². The van der Waals surface area contributed by atoms with E-state index < -0.39 is 0 Å². The van der Waals surface area contributed by atoms with Crippen molar-refractivity contribution in [1.29, 1.82) is 0 Å². The third kappa shape index (κ3) is 2.59. The molecule has 2 rings (SSSR count). The van der Waals surface area contributed by atoms with Gasteiger partial charge < -0.3 is 15.1 Å². The number of rotatable bonds is 2. The van der Waals surface area contributed by atoms with E-state index in [4.69, 9.17) is 10.2 Å². The van der Waals surface area contributed by atoms with Gasteiger partial charge in [-0.1, -0.05) is 15.9 Å². The number of carbonyl (C=O) groups excluding carboxylic acids is 1. The second-order valence-electron chi connectivity index (χ2n) is 3.67. The van der Waals surface area contributed by atoms with Gasteiger partial charge in [0.2, 0.25) is 0 Å². The van der Waals surface area contributed by atoms with Gasteiger partial charge in [-0.25, -0.2) is 0 Å². The standard InChI is InChI=1S/C12H10Br2N2O2/c1-16(9-3-2-7(13)6-8(9)15)12(17)10-4-5-11(14)18-10/h2-6H,15H2,1H3. The van der Waals surface area contributed by atoms with Crippen molar-refractivity contribution in [3.8, 4) is 0 Å². The van der Waals surface area contributed by atoms with E-state index in [2.05, 4.69) is 31.9 Å². The molecule has 0 saturated heterocycles. The van der Waals surface area contributed by atoms with Crippen molar-refractivity contribution in [1.82, 2.24) is 0 Å². The molecule has 0 bridgehead atoms. The lowest BCUT2D eigenvalue weighted by Gasteiger charge is -2.18. The zero-order valence-corrected chi connectivity index (χ0v) is 12.7. The molecule has 0 atom stereocenters. The van der Waals surface area contributed by atoms with Gasteiger partial charge in [-0.15, -0.1) is 0 Å². The Labute approximate surface area is 121 Å². The second-order valence-corrected chi connectivity index (χ2v) is 5.37. The Morgan fingerprint density at radius 3 is 2.56 bits per heavy atom. The topological polar surface area (TPSA) is 59.5 Å². The fraction of sp³-hybridized carbons (Fsp3) is 0.0833. The summed E-state index contributed by atoms with van der Waals surface area (Å²) in [5, 5.41) is 0. The third-order valence-electron chi connectivity index (χ3n) is 2.44. The first-order valence-corrected chi connectivity index (χ1v) is 6.66. The van der Waals surface area contributed by atoms with Crippen LogP contribution in [0.15, 0.2) is 43.9 Å². The van der Waals surface area contributed by atoms with Gasteiger partial charge in [-0.2, -0.15) is 0 Å². The van der Waals surface area contributed by atoms with Crippen LogP contribution in [0, 0.1) is 0 Å². The number of nitrogen functional groups attached to an aromatic ring is 1. The van der Waals surface area contributed by atoms with Crippen molar-refractivity contribution in [2.75, 3.05) is 17.7 Å². The molecule has 2 N–H and O–H groups in total. The summed E-state index contributed by atoms with van der Waals surface area (Å²) < 4.78 is 6.61. The molecule has 4 nitrogen and oxygen atoms in total. The summed E-state index contributed by atoms with van der Waals surface area (Å²) in [5.41, 5.74) is 7.03. The number of hydrogen-bond acceptors (Lipinski definition) is 3. The van der Waals surface area contributed by atoms with Crippen LogP contribution >= 0.6 is 31.9 Å². The van der Waals surface area contributed by atoms with Crippen LogP contribution in [0.2, 0.25) is 0 Å². The molecule has 0 spiro atoms. The summed E-state index contributed by atoms with van der Waals surface area (Å²) >= 11 is 6.48. The molecule has 18 heavy (non-hydrogen) atoms. The maximum atomic E-state index is 12.1. The molecule has 0 radical (unpaired) electrons. The number of nitrogens with zero attached hydrogens (tertiary/aromatic N) is 1. The maximum Gasteiger partial charge on any atom is 0.293 e. The van der Waals surface area contributed by atoms with Crippen molar-refractivity contribution in [2.24, 2.45) is 0 Å². The van der Waals surface area contributed by atoms with Gasteiger partial charge in [-0.05, 0) is 46.3 Å². The van der Waals surface area contributed by atoms with Gasteiger partial charge in [0.1, 0.15) is 0 Å². The lowest BCUT2D eigenvalue weighted by atomic mass is 10.2. The number of amides is 1. The first kappa shape index (κ1) is 13.2. The molecule has 0 fully saturated rings. The van der Waals surface area contributed by atoms with Gasteiger partial charge in [0.05, 0.1) is 11.4 Å². The van der Waals surface area contributed by atoms with Gasteiger partial charge in [0.15, 0.2) is 10.4 Å². The molecule has 1 aromatic carbocycles. The fourth-order valence-electron chi connectivity index (χ4n) is 1.53. The molecular weight excluding hydrogens is 364 g/mol. The van der Waals surface area contributed by atoms with E-state index in [-0.39, 0.29) is 11.7 Å². The van der Waals surface area contributed by atoms with Crippen LogP contribution in [0.5, 0.6) is 0 Å². The number of carbonyl (C=O) groups is 1. The molecule has 2 aromatic rings. The molecule has 0 aliphatic rings. The highest BCUT2D eigenvalue weighted by Crippen LogP contribution is 2.27. The SMILES string of the molecule is CN(C(=O)c1ccc(Br)o1)c1ccc(Br)cc1N. The van der Waals surface area contributed by atoms with Crippen molar-refractivity contribution < 1.29 is 9.21 Å². The van der Waals surface area contributed by atoms with Crippen LogP contribution in [0.25, 0.3) is 0 Å². The first-order valence-electron chi connectivity index (χ1n) is 5.07. The minimum absolute atomic E-state index is 0.255. The van der Waals surface area contributed by atoms with Crippen LogP contribution < -0.4 is 10.6 Å². The lowest BCUT2D eigenvalue weighted by molar-refractivity contribution is 0.0965. The number of halogens is 2. The molecule has 0 aliphatic carbocycles. The van der Waals surface area contributed by atoms with E-state index in [1.165, 1.54) is 4.90 Å². The summed E-state index contributed by atoms with van der Waals surface area (Å²) in [6.45, 7) is 0. The summed E-state index contributed by atoms with van der Waals surface area (Å²) in [7, 11) is 1.65. The van der Waals surface area contributed by atoms with Gasteiger partial charge >= 0.3 is 0 Å².